The molecule has 0 atom stereocenters. The number of ether oxygens (including phenoxy) is 1. The zero-order valence-electron chi connectivity index (χ0n) is 10.3. The largest absolute Gasteiger partial charge is 0.460 e. The van der Waals surface area contributed by atoms with Crippen molar-refractivity contribution in [1.82, 2.24) is 5.32 Å². The highest BCUT2D eigenvalue weighted by molar-refractivity contribution is 5.81. The molecule has 0 saturated heterocycles. The Morgan fingerprint density at radius 3 is 2.44 bits per heavy atom. The van der Waals surface area contributed by atoms with Crippen molar-refractivity contribution in [3.05, 3.63) is 12.7 Å². The van der Waals surface area contributed by atoms with Gasteiger partial charge in [0.25, 0.3) is 0 Å². The molecule has 0 aromatic heterocycles. The summed E-state index contributed by atoms with van der Waals surface area (Å²) in [6, 6.07) is 0. The Kier molecular flexibility index (Phi) is 6.46. The molecule has 0 saturated carbocycles. The number of carbonyl (C=O) groups excluding carboxylic acids is 2. The molecular formula is C12H21NO3. The van der Waals surface area contributed by atoms with Crippen molar-refractivity contribution in [3.8, 4) is 0 Å². The van der Waals surface area contributed by atoms with Crippen molar-refractivity contribution in [3.63, 3.8) is 0 Å². The van der Waals surface area contributed by atoms with Crippen LogP contribution in [0.2, 0.25) is 0 Å². The predicted octanol–water partition coefficient (Wildman–Crippen LogP) is 1.80. The quantitative estimate of drug-likeness (QED) is 0.427. The van der Waals surface area contributed by atoms with E-state index in [4.69, 9.17) is 4.74 Å². The standard InChI is InChI=1S/C12H21NO3/c1-5-6-9-13-10(14)7-8-11(15)16-12(2,3)4/h5H,1,6-9H2,2-4H3,(H,13,14). The Hall–Kier alpha value is -1.32. The summed E-state index contributed by atoms with van der Waals surface area (Å²) in [6.45, 7) is 9.51. The summed E-state index contributed by atoms with van der Waals surface area (Å²) in [4.78, 5) is 22.5. The van der Waals surface area contributed by atoms with E-state index < -0.39 is 5.60 Å². The van der Waals surface area contributed by atoms with Gasteiger partial charge in [0.2, 0.25) is 5.91 Å². The molecule has 0 aromatic carbocycles. The maximum Gasteiger partial charge on any atom is 0.306 e. The van der Waals surface area contributed by atoms with Crippen molar-refractivity contribution < 1.29 is 14.3 Å². The van der Waals surface area contributed by atoms with Gasteiger partial charge in [-0.15, -0.1) is 6.58 Å². The van der Waals surface area contributed by atoms with Gasteiger partial charge in [0, 0.05) is 13.0 Å². The molecule has 4 heteroatoms. The van der Waals surface area contributed by atoms with E-state index in [1.165, 1.54) is 0 Å². The minimum atomic E-state index is -0.490. The minimum absolute atomic E-state index is 0.122. The molecule has 4 nitrogen and oxygen atoms in total. The van der Waals surface area contributed by atoms with Gasteiger partial charge in [-0.25, -0.2) is 0 Å². The highest BCUT2D eigenvalue weighted by Crippen LogP contribution is 2.08. The normalized spacial score (nSPS) is 10.7. The molecule has 0 bridgehead atoms. The number of nitrogens with one attached hydrogen (secondary N) is 1. The smallest absolute Gasteiger partial charge is 0.306 e. The second-order valence-electron chi connectivity index (χ2n) is 4.51. The number of rotatable bonds is 6. The lowest BCUT2D eigenvalue weighted by Gasteiger charge is -2.19. The predicted molar refractivity (Wildman–Crippen MR) is 62.9 cm³/mol. The minimum Gasteiger partial charge on any atom is -0.460 e. The maximum atomic E-state index is 11.3. The summed E-state index contributed by atoms with van der Waals surface area (Å²) in [7, 11) is 0. The molecule has 0 aliphatic carbocycles. The van der Waals surface area contributed by atoms with Crippen LogP contribution in [0.5, 0.6) is 0 Å². The molecule has 0 aromatic rings. The van der Waals surface area contributed by atoms with Gasteiger partial charge in [-0.05, 0) is 27.2 Å². The number of amides is 1. The fourth-order valence-electron chi connectivity index (χ4n) is 1.01. The summed E-state index contributed by atoms with van der Waals surface area (Å²) in [6.07, 6.45) is 2.76. The molecule has 0 unspecified atom stereocenters. The second kappa shape index (κ2) is 7.04. The monoisotopic (exact) mass is 227 g/mol. The van der Waals surface area contributed by atoms with E-state index in [0.717, 1.165) is 6.42 Å². The van der Waals surface area contributed by atoms with Crippen LogP contribution in [0.25, 0.3) is 0 Å². The summed E-state index contributed by atoms with van der Waals surface area (Å²) in [5.74, 6) is -0.473. The van der Waals surface area contributed by atoms with Gasteiger partial charge >= 0.3 is 5.97 Å². The first-order chi connectivity index (χ1) is 7.35. The fourth-order valence-corrected chi connectivity index (χ4v) is 1.01. The molecule has 1 N–H and O–H groups in total. The zero-order chi connectivity index (χ0) is 12.6. The van der Waals surface area contributed by atoms with E-state index in [0.29, 0.717) is 6.54 Å². The third-order valence-electron chi connectivity index (χ3n) is 1.65. The number of carbonyl (C=O) groups is 2. The molecule has 0 rings (SSSR count). The number of esters is 1. The third kappa shape index (κ3) is 9.24. The van der Waals surface area contributed by atoms with Gasteiger partial charge in [-0.1, -0.05) is 6.08 Å². The van der Waals surface area contributed by atoms with Crippen LogP contribution in [0.4, 0.5) is 0 Å². The number of hydrogen-bond donors (Lipinski definition) is 1. The van der Waals surface area contributed by atoms with Crippen LogP contribution in [0.3, 0.4) is 0 Å². The first kappa shape index (κ1) is 14.7. The molecule has 0 radical (unpaired) electrons. The third-order valence-corrected chi connectivity index (χ3v) is 1.65. The summed E-state index contributed by atoms with van der Waals surface area (Å²) in [5, 5.41) is 2.68. The van der Waals surface area contributed by atoms with Crippen LogP contribution in [0.15, 0.2) is 12.7 Å². The van der Waals surface area contributed by atoms with Crippen LogP contribution in [-0.2, 0) is 14.3 Å². The maximum absolute atomic E-state index is 11.3. The SMILES string of the molecule is C=CCCNC(=O)CCC(=O)OC(C)(C)C. The van der Waals surface area contributed by atoms with Gasteiger partial charge in [0.05, 0.1) is 6.42 Å². The number of hydrogen-bond acceptors (Lipinski definition) is 3. The van der Waals surface area contributed by atoms with Crippen molar-refractivity contribution >= 4 is 11.9 Å². The van der Waals surface area contributed by atoms with E-state index in [2.05, 4.69) is 11.9 Å². The molecular weight excluding hydrogens is 206 g/mol. The first-order valence-electron chi connectivity index (χ1n) is 5.44. The van der Waals surface area contributed by atoms with Crippen LogP contribution >= 0.6 is 0 Å². The molecule has 0 heterocycles. The van der Waals surface area contributed by atoms with E-state index in [1.807, 2.05) is 0 Å². The van der Waals surface area contributed by atoms with Crippen LogP contribution in [-0.4, -0.2) is 24.0 Å². The average molecular weight is 227 g/mol. The van der Waals surface area contributed by atoms with E-state index in [9.17, 15) is 9.59 Å². The van der Waals surface area contributed by atoms with Crippen molar-refractivity contribution in [2.24, 2.45) is 0 Å². The van der Waals surface area contributed by atoms with E-state index in [1.54, 1.807) is 26.8 Å². The lowest BCUT2D eigenvalue weighted by molar-refractivity contribution is -0.155. The first-order valence-corrected chi connectivity index (χ1v) is 5.44. The van der Waals surface area contributed by atoms with Crippen LogP contribution < -0.4 is 5.32 Å². The summed E-state index contributed by atoms with van der Waals surface area (Å²) in [5.41, 5.74) is -0.490. The molecule has 92 valence electrons. The second-order valence-corrected chi connectivity index (χ2v) is 4.51. The Morgan fingerprint density at radius 2 is 1.94 bits per heavy atom. The Balaban J connectivity index is 3.67. The van der Waals surface area contributed by atoms with Gasteiger partial charge in [-0.3, -0.25) is 9.59 Å². The highest BCUT2D eigenvalue weighted by atomic mass is 16.6. The van der Waals surface area contributed by atoms with Crippen molar-refractivity contribution in [2.75, 3.05) is 6.54 Å². The van der Waals surface area contributed by atoms with Crippen LogP contribution in [0, 0.1) is 0 Å². The molecule has 16 heavy (non-hydrogen) atoms. The van der Waals surface area contributed by atoms with Crippen molar-refractivity contribution in [1.29, 1.82) is 0 Å². The lowest BCUT2D eigenvalue weighted by atomic mass is 10.2. The summed E-state index contributed by atoms with van der Waals surface area (Å²) < 4.78 is 5.08. The fraction of sp³-hybridized carbons (Fsp3) is 0.667. The summed E-state index contributed by atoms with van der Waals surface area (Å²) >= 11 is 0. The van der Waals surface area contributed by atoms with Gasteiger partial charge in [0.1, 0.15) is 5.60 Å². The lowest BCUT2D eigenvalue weighted by Crippen LogP contribution is -2.27. The Bertz CT molecular complexity index is 253. The highest BCUT2D eigenvalue weighted by Gasteiger charge is 2.16. The Morgan fingerprint density at radius 1 is 1.31 bits per heavy atom. The van der Waals surface area contributed by atoms with Gasteiger partial charge < -0.3 is 10.1 Å². The zero-order valence-corrected chi connectivity index (χ0v) is 10.3. The van der Waals surface area contributed by atoms with Crippen LogP contribution in [0.1, 0.15) is 40.0 Å². The molecule has 0 aliphatic rings. The average Bonchev–Trinajstić information content (AvgIpc) is 2.12. The molecule has 0 spiro atoms. The molecule has 1 amide bonds. The topological polar surface area (TPSA) is 55.4 Å². The van der Waals surface area contributed by atoms with Crippen molar-refractivity contribution in [2.45, 2.75) is 45.6 Å². The molecule has 0 aliphatic heterocycles. The van der Waals surface area contributed by atoms with Gasteiger partial charge in [-0.2, -0.15) is 0 Å². The Labute approximate surface area is 97.1 Å². The van der Waals surface area contributed by atoms with E-state index >= 15 is 0 Å². The van der Waals surface area contributed by atoms with Gasteiger partial charge in [0.15, 0.2) is 0 Å². The molecule has 0 fully saturated rings. The van der Waals surface area contributed by atoms with E-state index in [-0.39, 0.29) is 24.7 Å².